The Hall–Kier alpha value is -1.81. The summed E-state index contributed by atoms with van der Waals surface area (Å²) in [6.45, 7) is 5.97. The molecule has 0 aliphatic heterocycles. The van der Waals surface area contributed by atoms with Crippen molar-refractivity contribution in [3.8, 4) is 0 Å². The Morgan fingerprint density at radius 3 is 2.75 bits per heavy atom. The quantitative estimate of drug-likeness (QED) is 0.866. The second-order valence-electron chi connectivity index (χ2n) is 4.68. The Kier molecular flexibility index (Phi) is 4.45. The van der Waals surface area contributed by atoms with Crippen molar-refractivity contribution in [2.75, 3.05) is 4.90 Å². The summed E-state index contributed by atoms with van der Waals surface area (Å²) < 4.78 is 1.72. The van der Waals surface area contributed by atoms with E-state index in [0.29, 0.717) is 11.7 Å². The number of carbonyl (C=O) groups excluding carboxylic acids is 1. The van der Waals surface area contributed by atoms with Gasteiger partial charge in [0.2, 0.25) is 5.91 Å². The second-order valence-corrected chi connectivity index (χ2v) is 5.09. The van der Waals surface area contributed by atoms with E-state index in [1.54, 1.807) is 22.7 Å². The lowest BCUT2D eigenvalue weighted by Crippen LogP contribution is -2.32. The predicted molar refractivity (Wildman–Crippen MR) is 81.0 cm³/mol. The molecule has 1 aromatic heterocycles. The van der Waals surface area contributed by atoms with E-state index in [1.165, 1.54) is 0 Å². The zero-order chi connectivity index (χ0) is 14.7. The first-order valence-electron chi connectivity index (χ1n) is 6.58. The van der Waals surface area contributed by atoms with Crippen molar-refractivity contribution in [2.45, 2.75) is 33.9 Å². The van der Waals surface area contributed by atoms with Gasteiger partial charge in [-0.05, 0) is 36.6 Å². The predicted octanol–water partition coefficient (Wildman–Crippen LogP) is 3.42. The van der Waals surface area contributed by atoms with E-state index in [0.717, 1.165) is 23.2 Å². The highest BCUT2D eigenvalue weighted by Gasteiger charge is 2.19. The van der Waals surface area contributed by atoms with Crippen LogP contribution in [0.3, 0.4) is 0 Å². The Bertz CT molecular complexity index is 608. The van der Waals surface area contributed by atoms with Gasteiger partial charge in [-0.1, -0.05) is 24.6 Å². The topological polar surface area (TPSA) is 38.1 Å². The smallest absolute Gasteiger partial charge is 0.225 e. The van der Waals surface area contributed by atoms with Gasteiger partial charge in [0.15, 0.2) is 0 Å². The molecule has 0 unspecified atom stereocenters. The molecule has 0 atom stereocenters. The Morgan fingerprint density at radius 1 is 1.45 bits per heavy atom. The molecule has 0 aliphatic carbocycles. The fraction of sp³-hybridized carbons (Fsp3) is 0.333. The summed E-state index contributed by atoms with van der Waals surface area (Å²) >= 11 is 6.27. The lowest BCUT2D eigenvalue weighted by Gasteiger charge is -2.26. The number of rotatable bonds is 4. The average Bonchev–Trinajstić information content (AvgIpc) is 2.91. The molecule has 20 heavy (non-hydrogen) atoms. The molecule has 0 N–H and O–H groups in total. The number of aromatic nitrogens is 2. The van der Waals surface area contributed by atoms with Crippen molar-refractivity contribution in [3.63, 3.8) is 0 Å². The molecule has 0 bridgehead atoms. The van der Waals surface area contributed by atoms with Crippen molar-refractivity contribution in [1.82, 2.24) is 9.78 Å². The minimum atomic E-state index is -0.0273. The molecule has 5 heteroatoms. The molecule has 0 spiro atoms. The van der Waals surface area contributed by atoms with Crippen LogP contribution in [0.5, 0.6) is 0 Å². The minimum Gasteiger partial charge on any atom is -0.292 e. The van der Waals surface area contributed by atoms with E-state index in [2.05, 4.69) is 5.10 Å². The molecule has 0 fully saturated rings. The van der Waals surface area contributed by atoms with Crippen LogP contribution in [-0.2, 0) is 17.9 Å². The number of aryl methyl sites for hydroxylation is 1. The normalized spacial score (nSPS) is 10.6. The molecule has 0 radical (unpaired) electrons. The Morgan fingerprint density at radius 2 is 2.20 bits per heavy atom. The molecule has 2 rings (SSSR count). The number of hydrogen-bond donors (Lipinski definition) is 0. The van der Waals surface area contributed by atoms with Gasteiger partial charge in [0.1, 0.15) is 6.67 Å². The molecule has 1 heterocycles. The van der Waals surface area contributed by atoms with Crippen molar-refractivity contribution in [2.24, 2.45) is 0 Å². The van der Waals surface area contributed by atoms with Gasteiger partial charge in [0.05, 0.1) is 5.69 Å². The summed E-state index contributed by atoms with van der Waals surface area (Å²) in [4.78, 5) is 13.8. The molecule has 0 saturated heterocycles. The zero-order valence-electron chi connectivity index (χ0n) is 11.9. The van der Waals surface area contributed by atoms with E-state index in [1.807, 2.05) is 38.2 Å². The van der Waals surface area contributed by atoms with Crippen LogP contribution in [0, 0.1) is 6.92 Å². The Labute approximate surface area is 124 Å². The van der Waals surface area contributed by atoms with Gasteiger partial charge in [-0.3, -0.25) is 14.4 Å². The number of anilines is 1. The third-order valence-corrected chi connectivity index (χ3v) is 3.63. The number of hydrogen-bond acceptors (Lipinski definition) is 2. The molecule has 1 amide bonds. The van der Waals surface area contributed by atoms with Crippen LogP contribution >= 0.6 is 11.6 Å². The molecular weight excluding hydrogens is 274 g/mol. The van der Waals surface area contributed by atoms with Crippen LogP contribution in [0.2, 0.25) is 5.02 Å². The maximum Gasteiger partial charge on any atom is 0.225 e. The molecular formula is C15H18ClN3O. The Balaban J connectivity index is 2.49. The van der Waals surface area contributed by atoms with Gasteiger partial charge in [-0.25, -0.2) is 0 Å². The average molecular weight is 292 g/mol. The third-order valence-electron chi connectivity index (χ3n) is 3.28. The molecule has 4 nitrogen and oxygen atoms in total. The zero-order valence-corrected chi connectivity index (χ0v) is 12.7. The van der Waals surface area contributed by atoms with E-state index in [9.17, 15) is 4.79 Å². The second kappa shape index (κ2) is 6.09. The fourth-order valence-corrected chi connectivity index (χ4v) is 2.58. The highest BCUT2D eigenvalue weighted by Crippen LogP contribution is 2.32. The fourth-order valence-electron chi connectivity index (χ4n) is 2.30. The van der Waals surface area contributed by atoms with E-state index in [-0.39, 0.29) is 5.91 Å². The van der Waals surface area contributed by atoms with Crippen molar-refractivity contribution in [1.29, 1.82) is 0 Å². The summed E-state index contributed by atoms with van der Waals surface area (Å²) in [6, 6.07) is 5.66. The highest BCUT2D eigenvalue weighted by atomic mass is 35.5. The summed E-state index contributed by atoms with van der Waals surface area (Å²) in [5.74, 6) is -0.0273. The SMILES string of the molecule is CCc1c(Cl)ccc(C)c1N(Cn1cccn1)C(C)=O. The van der Waals surface area contributed by atoms with Crippen LogP contribution in [0.25, 0.3) is 0 Å². The summed E-state index contributed by atoms with van der Waals surface area (Å²) in [7, 11) is 0. The van der Waals surface area contributed by atoms with Gasteiger partial charge >= 0.3 is 0 Å². The molecule has 0 saturated carbocycles. The van der Waals surface area contributed by atoms with E-state index >= 15 is 0 Å². The van der Waals surface area contributed by atoms with Crippen LogP contribution in [0.1, 0.15) is 25.0 Å². The van der Waals surface area contributed by atoms with Gasteiger partial charge in [-0.15, -0.1) is 0 Å². The van der Waals surface area contributed by atoms with Crippen molar-refractivity contribution >= 4 is 23.2 Å². The molecule has 106 valence electrons. The lowest BCUT2D eigenvalue weighted by atomic mass is 10.0. The number of amides is 1. The lowest BCUT2D eigenvalue weighted by molar-refractivity contribution is -0.117. The molecule has 2 aromatic rings. The summed E-state index contributed by atoms with van der Waals surface area (Å²) in [5, 5.41) is 4.86. The largest absolute Gasteiger partial charge is 0.292 e. The third kappa shape index (κ3) is 2.85. The summed E-state index contributed by atoms with van der Waals surface area (Å²) in [6.07, 6.45) is 4.31. The van der Waals surface area contributed by atoms with Gasteiger partial charge in [0, 0.05) is 24.3 Å². The maximum atomic E-state index is 12.0. The number of nitrogens with zero attached hydrogens (tertiary/aromatic N) is 3. The van der Waals surface area contributed by atoms with E-state index in [4.69, 9.17) is 11.6 Å². The molecule has 0 aliphatic rings. The number of carbonyl (C=O) groups is 1. The van der Waals surface area contributed by atoms with Crippen LogP contribution in [-0.4, -0.2) is 15.7 Å². The summed E-state index contributed by atoms with van der Waals surface area (Å²) in [5.41, 5.74) is 2.92. The first-order chi connectivity index (χ1) is 9.54. The first kappa shape index (κ1) is 14.6. The standard InChI is InChI=1S/C15H18ClN3O/c1-4-13-14(16)7-6-11(2)15(13)19(12(3)20)10-18-9-5-8-17-18/h5-9H,4,10H2,1-3H3. The van der Waals surface area contributed by atoms with E-state index < -0.39 is 0 Å². The minimum absolute atomic E-state index is 0.0273. The van der Waals surface area contributed by atoms with Crippen LogP contribution in [0.4, 0.5) is 5.69 Å². The van der Waals surface area contributed by atoms with Crippen LogP contribution in [0.15, 0.2) is 30.6 Å². The number of halogens is 1. The molecule has 1 aromatic carbocycles. The van der Waals surface area contributed by atoms with Gasteiger partial charge in [0.25, 0.3) is 0 Å². The first-order valence-corrected chi connectivity index (χ1v) is 6.96. The van der Waals surface area contributed by atoms with Gasteiger partial charge in [-0.2, -0.15) is 5.10 Å². The van der Waals surface area contributed by atoms with Crippen molar-refractivity contribution in [3.05, 3.63) is 46.7 Å². The number of benzene rings is 1. The highest BCUT2D eigenvalue weighted by molar-refractivity contribution is 6.32. The van der Waals surface area contributed by atoms with Crippen LogP contribution < -0.4 is 4.90 Å². The monoisotopic (exact) mass is 291 g/mol. The maximum absolute atomic E-state index is 12.0. The van der Waals surface area contributed by atoms with Crippen molar-refractivity contribution < 1.29 is 4.79 Å². The van der Waals surface area contributed by atoms with Gasteiger partial charge < -0.3 is 0 Å².